The molecule has 4 nitrogen and oxygen atoms in total. The van der Waals surface area contributed by atoms with Crippen molar-refractivity contribution in [3.8, 4) is 23.2 Å². The minimum atomic E-state index is -0.333. The van der Waals surface area contributed by atoms with E-state index in [9.17, 15) is 4.79 Å². The summed E-state index contributed by atoms with van der Waals surface area (Å²) < 4.78 is 9.53. The van der Waals surface area contributed by atoms with Crippen LogP contribution in [0, 0.1) is 11.8 Å². The maximum atomic E-state index is 10.9. The van der Waals surface area contributed by atoms with Crippen LogP contribution in [0.4, 0.5) is 0 Å². The number of nitrogens with zero attached hydrogens (tertiary/aromatic N) is 1. The number of carbonyl (C=O) groups excluding carboxylic acids is 1. The molecule has 0 bridgehead atoms. The molecule has 0 unspecified atom stereocenters. The maximum absolute atomic E-state index is 10.9. The Balaban J connectivity index is 2.06. The molecule has 90 valence electrons. The Morgan fingerprint density at radius 2 is 2.11 bits per heavy atom. The van der Waals surface area contributed by atoms with Gasteiger partial charge < -0.3 is 9.26 Å². The van der Waals surface area contributed by atoms with Crippen LogP contribution in [0.1, 0.15) is 12.0 Å². The average molecular weight is 241 g/mol. The first kappa shape index (κ1) is 11.9. The van der Waals surface area contributed by atoms with Crippen molar-refractivity contribution in [2.45, 2.75) is 6.42 Å². The van der Waals surface area contributed by atoms with Gasteiger partial charge in [-0.25, -0.2) is 0 Å². The minimum absolute atomic E-state index is 0.0976. The van der Waals surface area contributed by atoms with Crippen LogP contribution in [0.25, 0.3) is 11.3 Å². The SMILES string of the molecule is COC(=O)CC#Cc1ccc(-c2ccno2)cc1. The fourth-order valence-corrected chi connectivity index (χ4v) is 1.37. The smallest absolute Gasteiger partial charge is 0.317 e. The number of hydrogen-bond donors (Lipinski definition) is 0. The summed E-state index contributed by atoms with van der Waals surface area (Å²) >= 11 is 0. The van der Waals surface area contributed by atoms with Gasteiger partial charge in [-0.05, 0) is 24.3 Å². The molecule has 0 N–H and O–H groups in total. The van der Waals surface area contributed by atoms with Gasteiger partial charge in [0.2, 0.25) is 0 Å². The summed E-state index contributed by atoms with van der Waals surface area (Å²) in [6.45, 7) is 0. The monoisotopic (exact) mass is 241 g/mol. The second-order valence-electron chi connectivity index (χ2n) is 3.51. The van der Waals surface area contributed by atoms with Crippen LogP contribution in [-0.4, -0.2) is 18.2 Å². The largest absolute Gasteiger partial charge is 0.468 e. The molecule has 0 saturated carbocycles. The van der Waals surface area contributed by atoms with E-state index in [4.69, 9.17) is 4.52 Å². The number of esters is 1. The van der Waals surface area contributed by atoms with E-state index < -0.39 is 0 Å². The lowest BCUT2D eigenvalue weighted by molar-refractivity contribution is -0.139. The molecular formula is C14H11NO3. The van der Waals surface area contributed by atoms with Gasteiger partial charge >= 0.3 is 5.97 Å². The van der Waals surface area contributed by atoms with E-state index in [1.807, 2.05) is 24.3 Å². The summed E-state index contributed by atoms with van der Waals surface area (Å²) in [6.07, 6.45) is 1.69. The van der Waals surface area contributed by atoms with Crippen molar-refractivity contribution >= 4 is 5.97 Å². The highest BCUT2D eigenvalue weighted by atomic mass is 16.5. The Morgan fingerprint density at radius 1 is 1.33 bits per heavy atom. The molecule has 0 aliphatic heterocycles. The predicted octanol–water partition coefficient (Wildman–Crippen LogP) is 2.26. The van der Waals surface area contributed by atoms with Crippen molar-refractivity contribution in [3.63, 3.8) is 0 Å². The molecule has 0 atom stereocenters. The molecular weight excluding hydrogens is 230 g/mol. The molecule has 4 heteroatoms. The lowest BCUT2D eigenvalue weighted by Crippen LogP contribution is -1.96. The Hall–Kier alpha value is -2.54. The van der Waals surface area contributed by atoms with Gasteiger partial charge in [-0.15, -0.1) is 0 Å². The molecule has 0 radical (unpaired) electrons. The first-order valence-electron chi connectivity index (χ1n) is 5.36. The molecule has 0 spiro atoms. The van der Waals surface area contributed by atoms with Gasteiger partial charge in [-0.1, -0.05) is 17.0 Å². The van der Waals surface area contributed by atoms with Gasteiger partial charge in [0.05, 0.1) is 13.3 Å². The lowest BCUT2D eigenvalue weighted by atomic mass is 10.1. The molecule has 2 rings (SSSR count). The summed E-state index contributed by atoms with van der Waals surface area (Å²) in [5.41, 5.74) is 1.77. The number of aromatic nitrogens is 1. The average Bonchev–Trinajstić information content (AvgIpc) is 2.93. The highest BCUT2D eigenvalue weighted by Gasteiger charge is 2.00. The van der Waals surface area contributed by atoms with Crippen molar-refractivity contribution in [3.05, 3.63) is 42.1 Å². The van der Waals surface area contributed by atoms with Gasteiger partial charge in [0, 0.05) is 17.2 Å². The second-order valence-corrected chi connectivity index (χ2v) is 3.51. The predicted molar refractivity (Wildman–Crippen MR) is 65.5 cm³/mol. The van der Waals surface area contributed by atoms with Gasteiger partial charge in [0.15, 0.2) is 5.76 Å². The van der Waals surface area contributed by atoms with E-state index in [2.05, 4.69) is 21.7 Å². The number of rotatable bonds is 2. The van der Waals surface area contributed by atoms with Crippen LogP contribution in [0.2, 0.25) is 0 Å². The van der Waals surface area contributed by atoms with Crippen molar-refractivity contribution < 1.29 is 14.1 Å². The standard InChI is InChI=1S/C14H11NO3/c1-17-14(16)4-2-3-11-5-7-12(8-6-11)13-9-10-15-18-13/h5-10H,4H2,1H3. The zero-order valence-corrected chi connectivity index (χ0v) is 9.84. The molecule has 0 fully saturated rings. The van der Waals surface area contributed by atoms with Crippen molar-refractivity contribution in [1.29, 1.82) is 0 Å². The molecule has 1 heterocycles. The number of hydrogen-bond acceptors (Lipinski definition) is 4. The molecule has 0 aliphatic carbocycles. The van der Waals surface area contributed by atoms with E-state index in [-0.39, 0.29) is 12.4 Å². The van der Waals surface area contributed by atoms with Gasteiger partial charge in [-0.3, -0.25) is 4.79 Å². The molecule has 18 heavy (non-hydrogen) atoms. The third-order valence-corrected chi connectivity index (χ3v) is 2.30. The summed E-state index contributed by atoms with van der Waals surface area (Å²) in [4.78, 5) is 10.9. The quantitative estimate of drug-likeness (QED) is 0.597. The van der Waals surface area contributed by atoms with Crippen molar-refractivity contribution in [1.82, 2.24) is 5.16 Å². The normalized spacial score (nSPS) is 9.39. The number of ether oxygens (including phenoxy) is 1. The zero-order chi connectivity index (χ0) is 12.8. The van der Waals surface area contributed by atoms with Crippen LogP contribution < -0.4 is 0 Å². The van der Waals surface area contributed by atoms with E-state index >= 15 is 0 Å². The van der Waals surface area contributed by atoms with Gasteiger partial charge in [0.1, 0.15) is 6.42 Å². The van der Waals surface area contributed by atoms with Crippen molar-refractivity contribution in [2.75, 3.05) is 7.11 Å². The number of carbonyl (C=O) groups is 1. The summed E-state index contributed by atoms with van der Waals surface area (Å²) in [5, 5.41) is 3.65. The Bertz CT molecular complexity index is 574. The Morgan fingerprint density at radius 3 is 2.72 bits per heavy atom. The van der Waals surface area contributed by atoms with Gasteiger partial charge in [0.25, 0.3) is 0 Å². The van der Waals surface area contributed by atoms with E-state index in [1.165, 1.54) is 7.11 Å². The molecule has 0 aliphatic rings. The number of methoxy groups -OCH3 is 1. The Labute approximate surface area is 105 Å². The second kappa shape index (κ2) is 5.69. The Kier molecular flexibility index (Phi) is 3.77. The highest BCUT2D eigenvalue weighted by molar-refractivity contribution is 5.72. The third-order valence-electron chi connectivity index (χ3n) is 2.30. The van der Waals surface area contributed by atoms with Crippen LogP contribution in [0.3, 0.4) is 0 Å². The minimum Gasteiger partial charge on any atom is -0.468 e. The molecule has 0 amide bonds. The van der Waals surface area contributed by atoms with Crippen molar-refractivity contribution in [2.24, 2.45) is 0 Å². The van der Waals surface area contributed by atoms with Crippen LogP contribution >= 0.6 is 0 Å². The summed E-state index contributed by atoms with van der Waals surface area (Å²) in [6, 6.07) is 9.30. The molecule has 2 aromatic rings. The molecule has 0 saturated heterocycles. The zero-order valence-electron chi connectivity index (χ0n) is 9.84. The third kappa shape index (κ3) is 2.98. The first-order valence-corrected chi connectivity index (χ1v) is 5.36. The highest BCUT2D eigenvalue weighted by Crippen LogP contribution is 2.18. The molecule has 1 aromatic carbocycles. The van der Waals surface area contributed by atoms with Crippen LogP contribution in [-0.2, 0) is 9.53 Å². The first-order chi connectivity index (χ1) is 8.79. The lowest BCUT2D eigenvalue weighted by Gasteiger charge is -1.95. The van der Waals surface area contributed by atoms with E-state index in [0.29, 0.717) is 5.76 Å². The number of benzene rings is 1. The topological polar surface area (TPSA) is 52.3 Å². The fraction of sp³-hybridized carbons (Fsp3) is 0.143. The van der Waals surface area contributed by atoms with E-state index in [0.717, 1.165) is 11.1 Å². The summed E-state index contributed by atoms with van der Waals surface area (Å²) in [7, 11) is 1.34. The fourth-order valence-electron chi connectivity index (χ4n) is 1.37. The maximum Gasteiger partial charge on any atom is 0.317 e. The van der Waals surface area contributed by atoms with Gasteiger partial charge in [-0.2, -0.15) is 0 Å². The summed E-state index contributed by atoms with van der Waals surface area (Å²) in [5.74, 6) is 6.01. The van der Waals surface area contributed by atoms with Crippen LogP contribution in [0.5, 0.6) is 0 Å². The molecule has 1 aromatic heterocycles. The van der Waals surface area contributed by atoms with E-state index in [1.54, 1.807) is 12.3 Å². The van der Waals surface area contributed by atoms with Crippen LogP contribution in [0.15, 0.2) is 41.1 Å².